The summed E-state index contributed by atoms with van der Waals surface area (Å²) in [6.45, 7) is 8.61. The average molecular weight is 252 g/mol. The summed E-state index contributed by atoms with van der Waals surface area (Å²) < 4.78 is 0. The molecule has 1 heterocycles. The van der Waals surface area contributed by atoms with E-state index in [1.165, 1.54) is 0 Å². The molecule has 102 valence electrons. The molecule has 1 saturated heterocycles. The Bertz CT molecular complexity index is 363. The molecular formula is C14H24N2O2. The molecule has 1 saturated carbocycles. The highest BCUT2D eigenvalue weighted by Gasteiger charge is 2.47. The van der Waals surface area contributed by atoms with E-state index in [4.69, 9.17) is 0 Å². The van der Waals surface area contributed by atoms with E-state index in [2.05, 4.69) is 19.2 Å². The molecule has 4 nitrogen and oxygen atoms in total. The van der Waals surface area contributed by atoms with Gasteiger partial charge in [-0.3, -0.25) is 9.59 Å². The highest BCUT2D eigenvalue weighted by molar-refractivity contribution is 5.95. The molecule has 0 radical (unpaired) electrons. The minimum Gasteiger partial charge on any atom is -0.345 e. The van der Waals surface area contributed by atoms with Crippen LogP contribution in [0.2, 0.25) is 0 Å². The van der Waals surface area contributed by atoms with Gasteiger partial charge in [0.2, 0.25) is 11.8 Å². The summed E-state index contributed by atoms with van der Waals surface area (Å²) in [5, 5.41) is 2.71. The quantitative estimate of drug-likeness (QED) is 0.810. The Morgan fingerprint density at radius 1 is 1.33 bits per heavy atom. The monoisotopic (exact) mass is 252 g/mol. The number of carbonyl (C=O) groups excluding carboxylic acids is 2. The fraction of sp³-hybridized carbons (Fsp3) is 0.857. The maximum atomic E-state index is 12.2. The maximum Gasteiger partial charge on any atom is 0.243 e. The Labute approximate surface area is 109 Å². The molecule has 2 aliphatic rings. The lowest BCUT2D eigenvalue weighted by atomic mass is 9.84. The van der Waals surface area contributed by atoms with Crippen LogP contribution in [0.25, 0.3) is 0 Å². The van der Waals surface area contributed by atoms with Crippen molar-refractivity contribution in [2.75, 3.05) is 6.54 Å². The smallest absolute Gasteiger partial charge is 0.243 e. The first-order valence-corrected chi connectivity index (χ1v) is 6.93. The summed E-state index contributed by atoms with van der Waals surface area (Å²) in [7, 11) is 0. The summed E-state index contributed by atoms with van der Waals surface area (Å²) in [5.41, 5.74) is 0.125. The predicted molar refractivity (Wildman–Crippen MR) is 69.9 cm³/mol. The Morgan fingerprint density at radius 2 is 2.00 bits per heavy atom. The van der Waals surface area contributed by atoms with Crippen molar-refractivity contribution in [1.29, 1.82) is 0 Å². The van der Waals surface area contributed by atoms with Gasteiger partial charge in [-0.1, -0.05) is 34.1 Å². The van der Waals surface area contributed by atoms with Crippen LogP contribution >= 0.6 is 0 Å². The number of amides is 2. The number of hydrogen-bond acceptors (Lipinski definition) is 2. The van der Waals surface area contributed by atoms with Crippen LogP contribution in [0.15, 0.2) is 0 Å². The standard InChI is InChI=1S/C14H24N2O2/c1-9(2)12-13(18)15-8-11(17)16(12)10-6-5-7-14(10,3)4/h9-10,12H,5-8H2,1-4H3,(H,15,18). The predicted octanol–water partition coefficient (Wildman–Crippen LogP) is 1.55. The highest BCUT2D eigenvalue weighted by atomic mass is 16.2. The largest absolute Gasteiger partial charge is 0.345 e. The summed E-state index contributed by atoms with van der Waals surface area (Å²) >= 11 is 0. The summed E-state index contributed by atoms with van der Waals surface area (Å²) in [4.78, 5) is 26.2. The Hall–Kier alpha value is -1.06. The zero-order valence-electron chi connectivity index (χ0n) is 11.8. The van der Waals surface area contributed by atoms with Gasteiger partial charge in [0.05, 0.1) is 6.54 Å². The summed E-state index contributed by atoms with van der Waals surface area (Å²) in [5.74, 6) is 0.242. The average Bonchev–Trinajstić information content (AvgIpc) is 2.60. The molecule has 2 atom stereocenters. The van der Waals surface area contributed by atoms with Gasteiger partial charge >= 0.3 is 0 Å². The van der Waals surface area contributed by atoms with E-state index in [1.807, 2.05) is 18.7 Å². The second-order valence-electron chi connectivity index (χ2n) is 6.60. The zero-order valence-corrected chi connectivity index (χ0v) is 11.8. The molecular weight excluding hydrogens is 228 g/mol. The molecule has 1 N–H and O–H groups in total. The molecule has 2 fully saturated rings. The zero-order chi connectivity index (χ0) is 13.5. The number of hydrogen-bond donors (Lipinski definition) is 1. The van der Waals surface area contributed by atoms with Crippen molar-refractivity contribution in [1.82, 2.24) is 10.2 Å². The van der Waals surface area contributed by atoms with E-state index in [-0.39, 0.29) is 41.8 Å². The molecule has 2 amide bonds. The van der Waals surface area contributed by atoms with Crippen molar-refractivity contribution in [2.45, 2.75) is 59.0 Å². The van der Waals surface area contributed by atoms with Crippen molar-refractivity contribution >= 4 is 11.8 Å². The van der Waals surface area contributed by atoms with E-state index in [1.54, 1.807) is 0 Å². The van der Waals surface area contributed by atoms with Crippen LogP contribution in [-0.4, -0.2) is 35.3 Å². The Kier molecular flexibility index (Phi) is 3.39. The molecule has 0 aromatic rings. The number of nitrogens with one attached hydrogen (secondary N) is 1. The summed E-state index contributed by atoms with van der Waals surface area (Å²) in [6, 6.07) is -0.0860. The molecule has 0 aromatic carbocycles. The third-order valence-electron chi connectivity index (χ3n) is 4.44. The van der Waals surface area contributed by atoms with Crippen LogP contribution in [0, 0.1) is 11.3 Å². The first-order chi connectivity index (χ1) is 8.34. The third kappa shape index (κ3) is 2.13. The second kappa shape index (κ2) is 4.56. The van der Waals surface area contributed by atoms with Gasteiger partial charge in [0.25, 0.3) is 0 Å². The van der Waals surface area contributed by atoms with Crippen molar-refractivity contribution in [3.63, 3.8) is 0 Å². The fourth-order valence-corrected chi connectivity index (χ4v) is 3.46. The van der Waals surface area contributed by atoms with Gasteiger partial charge in [0, 0.05) is 6.04 Å². The lowest BCUT2D eigenvalue weighted by molar-refractivity contribution is -0.152. The van der Waals surface area contributed by atoms with Gasteiger partial charge < -0.3 is 10.2 Å². The molecule has 1 aliphatic heterocycles. The fourth-order valence-electron chi connectivity index (χ4n) is 3.46. The van der Waals surface area contributed by atoms with Gasteiger partial charge in [-0.05, 0) is 24.2 Å². The molecule has 0 spiro atoms. The minimum absolute atomic E-state index is 0.00676. The van der Waals surface area contributed by atoms with Crippen LogP contribution in [0.1, 0.15) is 47.0 Å². The van der Waals surface area contributed by atoms with Crippen LogP contribution in [0.5, 0.6) is 0 Å². The maximum absolute atomic E-state index is 12.2. The van der Waals surface area contributed by atoms with Crippen LogP contribution < -0.4 is 5.32 Å². The van der Waals surface area contributed by atoms with Gasteiger partial charge in [-0.2, -0.15) is 0 Å². The molecule has 2 unspecified atom stereocenters. The van der Waals surface area contributed by atoms with Gasteiger partial charge in [-0.15, -0.1) is 0 Å². The van der Waals surface area contributed by atoms with Gasteiger partial charge in [-0.25, -0.2) is 0 Å². The van der Waals surface area contributed by atoms with E-state index in [0.717, 1.165) is 19.3 Å². The van der Waals surface area contributed by atoms with Crippen molar-refractivity contribution in [3.8, 4) is 0 Å². The number of piperazine rings is 1. The topological polar surface area (TPSA) is 49.4 Å². The van der Waals surface area contributed by atoms with Crippen molar-refractivity contribution < 1.29 is 9.59 Å². The number of carbonyl (C=O) groups is 2. The first kappa shape index (κ1) is 13.4. The molecule has 0 aromatic heterocycles. The van der Waals surface area contributed by atoms with Crippen LogP contribution in [0.3, 0.4) is 0 Å². The lowest BCUT2D eigenvalue weighted by Crippen LogP contribution is -2.64. The first-order valence-electron chi connectivity index (χ1n) is 6.93. The van der Waals surface area contributed by atoms with E-state index < -0.39 is 0 Å². The van der Waals surface area contributed by atoms with E-state index >= 15 is 0 Å². The molecule has 4 heteroatoms. The van der Waals surface area contributed by atoms with E-state index in [9.17, 15) is 9.59 Å². The molecule has 2 rings (SSSR count). The number of rotatable bonds is 2. The van der Waals surface area contributed by atoms with Gasteiger partial charge in [0.1, 0.15) is 6.04 Å². The Morgan fingerprint density at radius 3 is 2.50 bits per heavy atom. The minimum atomic E-state index is -0.298. The third-order valence-corrected chi connectivity index (χ3v) is 4.44. The normalized spacial score (nSPS) is 31.9. The summed E-state index contributed by atoms with van der Waals surface area (Å²) in [6.07, 6.45) is 3.30. The van der Waals surface area contributed by atoms with Crippen LogP contribution in [-0.2, 0) is 9.59 Å². The second-order valence-corrected chi connectivity index (χ2v) is 6.60. The van der Waals surface area contributed by atoms with Crippen molar-refractivity contribution in [3.05, 3.63) is 0 Å². The Balaban J connectivity index is 2.31. The lowest BCUT2D eigenvalue weighted by Gasteiger charge is -2.45. The van der Waals surface area contributed by atoms with Crippen LogP contribution in [0.4, 0.5) is 0 Å². The number of nitrogens with zero attached hydrogens (tertiary/aromatic N) is 1. The highest BCUT2D eigenvalue weighted by Crippen LogP contribution is 2.42. The molecule has 18 heavy (non-hydrogen) atoms. The SMILES string of the molecule is CC(C)C1C(=O)NCC(=O)N1C1CCCC1(C)C. The van der Waals surface area contributed by atoms with Crippen molar-refractivity contribution in [2.24, 2.45) is 11.3 Å². The van der Waals surface area contributed by atoms with Gasteiger partial charge in [0.15, 0.2) is 0 Å². The molecule has 1 aliphatic carbocycles. The van der Waals surface area contributed by atoms with E-state index in [0.29, 0.717) is 0 Å². The molecule has 0 bridgehead atoms.